The topological polar surface area (TPSA) is 79.8 Å². The number of hydrogen-bond acceptors (Lipinski definition) is 4. The van der Waals surface area contributed by atoms with Gasteiger partial charge in [-0.2, -0.15) is 0 Å². The van der Waals surface area contributed by atoms with Crippen molar-refractivity contribution in [3.63, 3.8) is 0 Å². The standard InChI is InChI=1S/C22H25FN4O3/c1-14(2)9-10-27-19(16-5-7-17(23)8-6-16)13-26-12-18(24-20(26)22(27)30)21(29)25(4)11-15(3)28/h5-9,12-13,15,28H,10-11H2,1-4H3/t15-/m0/s1. The van der Waals surface area contributed by atoms with Gasteiger partial charge in [0.1, 0.15) is 11.5 Å². The number of allylic oxidation sites excluding steroid dienone is 2. The Bertz CT molecular complexity index is 1160. The molecule has 1 atom stereocenters. The van der Waals surface area contributed by atoms with Crippen LogP contribution in [0.2, 0.25) is 0 Å². The molecular weight excluding hydrogens is 387 g/mol. The number of rotatable bonds is 6. The molecule has 0 aliphatic carbocycles. The van der Waals surface area contributed by atoms with Crippen molar-refractivity contribution in [1.29, 1.82) is 0 Å². The minimum Gasteiger partial charge on any atom is -0.392 e. The van der Waals surface area contributed by atoms with Gasteiger partial charge in [-0.3, -0.25) is 18.6 Å². The van der Waals surface area contributed by atoms with Crippen molar-refractivity contribution in [3.8, 4) is 11.3 Å². The molecule has 1 amide bonds. The molecule has 3 aromatic rings. The van der Waals surface area contributed by atoms with E-state index in [0.717, 1.165) is 5.57 Å². The van der Waals surface area contributed by atoms with Gasteiger partial charge in [0.25, 0.3) is 11.5 Å². The van der Waals surface area contributed by atoms with Gasteiger partial charge in [-0.1, -0.05) is 11.6 Å². The van der Waals surface area contributed by atoms with Crippen LogP contribution in [0.1, 0.15) is 31.3 Å². The fraction of sp³-hybridized carbons (Fsp3) is 0.318. The molecule has 3 rings (SSSR count). The molecule has 0 aliphatic rings. The lowest BCUT2D eigenvalue weighted by Crippen LogP contribution is -2.33. The van der Waals surface area contributed by atoms with Crippen molar-refractivity contribution >= 4 is 11.6 Å². The third kappa shape index (κ3) is 4.49. The first kappa shape index (κ1) is 21.4. The highest BCUT2D eigenvalue weighted by Gasteiger charge is 2.20. The molecule has 2 aromatic heterocycles. The second-order valence-electron chi connectivity index (χ2n) is 7.61. The number of halogens is 1. The number of benzene rings is 1. The summed E-state index contributed by atoms with van der Waals surface area (Å²) in [6.45, 7) is 5.93. The molecule has 0 bridgehead atoms. The van der Waals surface area contributed by atoms with Crippen LogP contribution in [0, 0.1) is 5.82 Å². The van der Waals surface area contributed by atoms with Crippen molar-refractivity contribution in [2.24, 2.45) is 0 Å². The summed E-state index contributed by atoms with van der Waals surface area (Å²) >= 11 is 0. The maximum absolute atomic E-state index is 13.4. The minimum atomic E-state index is -0.678. The van der Waals surface area contributed by atoms with Crippen LogP contribution in [0.15, 0.2) is 53.1 Å². The first-order valence-electron chi connectivity index (χ1n) is 9.62. The predicted molar refractivity (Wildman–Crippen MR) is 113 cm³/mol. The molecule has 30 heavy (non-hydrogen) atoms. The van der Waals surface area contributed by atoms with Gasteiger partial charge in [0.2, 0.25) is 5.65 Å². The van der Waals surface area contributed by atoms with Gasteiger partial charge in [-0.15, -0.1) is 0 Å². The maximum atomic E-state index is 13.4. The molecule has 0 aliphatic heterocycles. The summed E-state index contributed by atoms with van der Waals surface area (Å²) < 4.78 is 16.5. The highest BCUT2D eigenvalue weighted by molar-refractivity contribution is 5.92. The fourth-order valence-electron chi connectivity index (χ4n) is 3.17. The van der Waals surface area contributed by atoms with Gasteiger partial charge in [-0.05, 0) is 50.6 Å². The molecule has 0 spiro atoms. The second-order valence-corrected chi connectivity index (χ2v) is 7.61. The van der Waals surface area contributed by atoms with Crippen molar-refractivity contribution in [2.75, 3.05) is 13.6 Å². The quantitative estimate of drug-likeness (QED) is 0.632. The van der Waals surface area contributed by atoms with Crippen molar-refractivity contribution < 1.29 is 14.3 Å². The monoisotopic (exact) mass is 412 g/mol. The number of imidazole rings is 1. The van der Waals surface area contributed by atoms with E-state index in [4.69, 9.17) is 0 Å². The largest absolute Gasteiger partial charge is 0.392 e. The Kier molecular flexibility index (Phi) is 6.17. The summed E-state index contributed by atoms with van der Waals surface area (Å²) in [6.07, 6.45) is 4.44. The summed E-state index contributed by atoms with van der Waals surface area (Å²) in [5, 5.41) is 9.52. The molecule has 2 heterocycles. The minimum absolute atomic E-state index is 0.111. The zero-order chi connectivity index (χ0) is 22.0. The molecule has 1 aromatic carbocycles. The second kappa shape index (κ2) is 8.62. The first-order chi connectivity index (χ1) is 14.2. The summed E-state index contributed by atoms with van der Waals surface area (Å²) in [5.74, 6) is -0.757. The van der Waals surface area contributed by atoms with Crippen LogP contribution in [0.4, 0.5) is 4.39 Å². The van der Waals surface area contributed by atoms with Crippen LogP contribution in [-0.2, 0) is 6.54 Å². The SMILES string of the molecule is CC(C)=CCn1c(-c2ccc(F)cc2)cn2cc(C(=O)N(C)C[C@H](C)O)nc2c1=O. The van der Waals surface area contributed by atoms with Crippen LogP contribution in [0.5, 0.6) is 0 Å². The molecule has 0 saturated carbocycles. The van der Waals surface area contributed by atoms with Gasteiger partial charge in [0.05, 0.1) is 11.8 Å². The Morgan fingerprint density at radius 2 is 1.93 bits per heavy atom. The van der Waals surface area contributed by atoms with E-state index < -0.39 is 12.0 Å². The maximum Gasteiger partial charge on any atom is 0.295 e. The Morgan fingerprint density at radius 1 is 1.27 bits per heavy atom. The van der Waals surface area contributed by atoms with E-state index in [-0.39, 0.29) is 29.3 Å². The lowest BCUT2D eigenvalue weighted by atomic mass is 10.1. The van der Waals surface area contributed by atoms with E-state index in [9.17, 15) is 19.1 Å². The molecule has 8 heteroatoms. The van der Waals surface area contributed by atoms with Crippen LogP contribution in [0.3, 0.4) is 0 Å². The Hall–Kier alpha value is -3.26. The lowest BCUT2D eigenvalue weighted by molar-refractivity contribution is 0.0699. The Labute approximate surface area is 173 Å². The van der Waals surface area contributed by atoms with E-state index in [2.05, 4.69) is 4.98 Å². The van der Waals surface area contributed by atoms with Gasteiger partial charge in [0, 0.05) is 32.5 Å². The van der Waals surface area contributed by atoms with Crippen LogP contribution < -0.4 is 5.56 Å². The number of amides is 1. The number of aromatic nitrogens is 3. The zero-order valence-corrected chi connectivity index (χ0v) is 17.5. The highest BCUT2D eigenvalue weighted by Crippen LogP contribution is 2.20. The fourth-order valence-corrected chi connectivity index (χ4v) is 3.17. The van der Waals surface area contributed by atoms with Crippen molar-refractivity contribution in [1.82, 2.24) is 18.9 Å². The zero-order valence-electron chi connectivity index (χ0n) is 17.5. The van der Waals surface area contributed by atoms with E-state index >= 15 is 0 Å². The van der Waals surface area contributed by atoms with Crippen LogP contribution >= 0.6 is 0 Å². The van der Waals surface area contributed by atoms with Gasteiger partial charge >= 0.3 is 0 Å². The van der Waals surface area contributed by atoms with Crippen molar-refractivity contribution in [3.05, 3.63) is 70.2 Å². The van der Waals surface area contributed by atoms with E-state index in [1.807, 2.05) is 19.9 Å². The molecule has 0 radical (unpaired) electrons. The average Bonchev–Trinajstić information content (AvgIpc) is 3.11. The van der Waals surface area contributed by atoms with E-state index in [1.54, 1.807) is 36.9 Å². The number of hydrogen-bond donors (Lipinski definition) is 1. The van der Waals surface area contributed by atoms with Gasteiger partial charge in [0.15, 0.2) is 0 Å². The molecule has 158 valence electrons. The summed E-state index contributed by atoms with van der Waals surface area (Å²) in [4.78, 5) is 31.4. The van der Waals surface area contributed by atoms with E-state index in [1.165, 1.54) is 27.6 Å². The Balaban J connectivity index is 2.16. The summed E-state index contributed by atoms with van der Waals surface area (Å²) in [5.41, 5.74) is 2.18. The van der Waals surface area contributed by atoms with Crippen LogP contribution in [-0.4, -0.2) is 49.6 Å². The number of carbonyl (C=O) groups excluding carboxylic acids is 1. The lowest BCUT2D eigenvalue weighted by Gasteiger charge is -2.17. The molecule has 1 N–H and O–H groups in total. The molecule has 7 nitrogen and oxygen atoms in total. The van der Waals surface area contributed by atoms with Gasteiger partial charge in [-0.25, -0.2) is 9.37 Å². The predicted octanol–water partition coefficient (Wildman–Crippen LogP) is 2.72. The number of likely N-dealkylation sites (N-methyl/N-ethyl adjacent to an activating group) is 1. The normalized spacial score (nSPS) is 12.1. The van der Waals surface area contributed by atoms with Gasteiger partial charge < -0.3 is 10.0 Å². The smallest absolute Gasteiger partial charge is 0.295 e. The van der Waals surface area contributed by atoms with Crippen LogP contribution in [0.25, 0.3) is 16.9 Å². The number of nitrogens with zero attached hydrogens (tertiary/aromatic N) is 4. The molecule has 0 unspecified atom stereocenters. The Morgan fingerprint density at radius 3 is 2.53 bits per heavy atom. The molecule has 0 fully saturated rings. The van der Waals surface area contributed by atoms with E-state index in [0.29, 0.717) is 17.8 Å². The molecular formula is C22H25FN4O3. The number of fused-ring (bicyclic) bond motifs is 1. The summed E-state index contributed by atoms with van der Waals surface area (Å²) in [7, 11) is 1.57. The van der Waals surface area contributed by atoms with Crippen molar-refractivity contribution in [2.45, 2.75) is 33.4 Å². The highest BCUT2D eigenvalue weighted by atomic mass is 19.1. The first-order valence-corrected chi connectivity index (χ1v) is 9.62. The molecule has 0 saturated heterocycles. The summed E-state index contributed by atoms with van der Waals surface area (Å²) in [6, 6.07) is 5.88. The third-order valence-corrected chi connectivity index (χ3v) is 4.65. The number of aliphatic hydroxyl groups excluding tert-OH is 1. The average molecular weight is 412 g/mol. The number of aliphatic hydroxyl groups is 1. The number of carbonyl (C=O) groups is 1. The third-order valence-electron chi connectivity index (χ3n) is 4.65.